The van der Waals surface area contributed by atoms with E-state index in [4.69, 9.17) is 15.6 Å². The Bertz CT molecular complexity index is 396. The zero-order valence-corrected chi connectivity index (χ0v) is 11.2. The third-order valence-corrected chi connectivity index (χ3v) is 3.24. The Morgan fingerprint density at radius 1 is 1.50 bits per heavy atom. The molecule has 8 heteroatoms. The molecule has 0 radical (unpaired) electrons. The number of hydrogen-bond donors (Lipinski definition) is 2. The number of nitrogens with zero attached hydrogens (tertiary/aromatic N) is 2. The van der Waals surface area contributed by atoms with Gasteiger partial charge in [-0.05, 0) is 11.5 Å². The van der Waals surface area contributed by atoms with Gasteiger partial charge < -0.3 is 25.2 Å². The minimum atomic E-state index is -0.531. The van der Waals surface area contributed by atoms with Crippen molar-refractivity contribution in [3.8, 4) is 0 Å². The molecular weight excluding hydrogens is 258 g/mol. The molecular formula is C10H17N3O4S. The van der Waals surface area contributed by atoms with Crippen molar-refractivity contribution in [1.29, 1.82) is 0 Å². The lowest BCUT2D eigenvalue weighted by molar-refractivity contribution is 0.0602. The van der Waals surface area contributed by atoms with Gasteiger partial charge in [-0.2, -0.15) is 4.37 Å². The third-order valence-electron chi connectivity index (χ3n) is 2.31. The summed E-state index contributed by atoms with van der Waals surface area (Å²) in [4.78, 5) is 13.4. The zero-order chi connectivity index (χ0) is 13.5. The molecule has 0 aliphatic carbocycles. The Labute approximate surface area is 109 Å². The van der Waals surface area contributed by atoms with Gasteiger partial charge in [-0.1, -0.05) is 0 Å². The maximum absolute atomic E-state index is 11.6. The smallest absolute Gasteiger partial charge is 0.344 e. The van der Waals surface area contributed by atoms with Crippen LogP contribution in [0.25, 0.3) is 0 Å². The fourth-order valence-corrected chi connectivity index (χ4v) is 2.29. The van der Waals surface area contributed by atoms with Crippen LogP contribution in [0.5, 0.6) is 0 Å². The number of aliphatic hydroxyl groups excluding tert-OH is 1. The van der Waals surface area contributed by atoms with Gasteiger partial charge in [0.25, 0.3) is 0 Å². The molecule has 1 rings (SSSR count). The highest BCUT2D eigenvalue weighted by atomic mass is 32.1. The number of aliphatic hydroxyl groups is 1. The molecule has 0 fully saturated rings. The van der Waals surface area contributed by atoms with Crippen molar-refractivity contribution >= 4 is 28.3 Å². The number of methoxy groups -OCH3 is 2. The Kier molecular flexibility index (Phi) is 5.83. The van der Waals surface area contributed by atoms with Crippen molar-refractivity contribution in [2.45, 2.75) is 0 Å². The second kappa shape index (κ2) is 7.14. The first-order valence-electron chi connectivity index (χ1n) is 5.33. The van der Waals surface area contributed by atoms with Crippen molar-refractivity contribution in [2.24, 2.45) is 0 Å². The van der Waals surface area contributed by atoms with Crippen LogP contribution in [0.2, 0.25) is 0 Å². The van der Waals surface area contributed by atoms with Gasteiger partial charge in [0, 0.05) is 20.2 Å². The van der Waals surface area contributed by atoms with Crippen LogP contribution >= 0.6 is 11.5 Å². The van der Waals surface area contributed by atoms with Crippen LogP contribution < -0.4 is 10.6 Å². The number of nitrogen functional groups attached to an aromatic ring is 1. The lowest BCUT2D eigenvalue weighted by Crippen LogP contribution is -2.30. The maximum atomic E-state index is 11.6. The number of aromatic nitrogens is 1. The van der Waals surface area contributed by atoms with Crippen LogP contribution in [0.15, 0.2) is 0 Å². The number of carbonyl (C=O) groups is 1. The van der Waals surface area contributed by atoms with E-state index in [1.165, 1.54) is 7.11 Å². The molecule has 7 nitrogen and oxygen atoms in total. The van der Waals surface area contributed by atoms with Crippen LogP contribution in [0.1, 0.15) is 10.4 Å². The van der Waals surface area contributed by atoms with Gasteiger partial charge >= 0.3 is 5.97 Å². The number of esters is 1. The maximum Gasteiger partial charge on any atom is 0.344 e. The SMILES string of the molecule is COCCN(CCO)c1snc(N)c1C(=O)OC. The first-order valence-corrected chi connectivity index (χ1v) is 6.11. The molecule has 1 heterocycles. The van der Waals surface area contributed by atoms with Gasteiger partial charge in [0.15, 0.2) is 5.82 Å². The number of nitrogens with two attached hydrogens (primary N) is 1. The lowest BCUT2D eigenvalue weighted by atomic mass is 10.3. The first-order chi connectivity index (χ1) is 8.65. The largest absolute Gasteiger partial charge is 0.465 e. The van der Waals surface area contributed by atoms with Crippen molar-refractivity contribution in [1.82, 2.24) is 4.37 Å². The van der Waals surface area contributed by atoms with E-state index in [2.05, 4.69) is 9.11 Å². The average Bonchev–Trinajstić information content (AvgIpc) is 2.75. The molecule has 0 bridgehead atoms. The first kappa shape index (κ1) is 14.7. The van der Waals surface area contributed by atoms with E-state index < -0.39 is 5.97 Å². The number of hydrogen-bond acceptors (Lipinski definition) is 8. The highest BCUT2D eigenvalue weighted by Crippen LogP contribution is 2.30. The summed E-state index contributed by atoms with van der Waals surface area (Å²) in [5.41, 5.74) is 5.90. The lowest BCUT2D eigenvalue weighted by Gasteiger charge is -2.22. The predicted octanol–water partition coefficient (Wildman–Crippen LogP) is -0.0430. The summed E-state index contributed by atoms with van der Waals surface area (Å²) in [7, 11) is 2.87. The van der Waals surface area contributed by atoms with Crippen LogP contribution in [-0.4, -0.2) is 56.0 Å². The summed E-state index contributed by atoms with van der Waals surface area (Å²) >= 11 is 1.10. The van der Waals surface area contributed by atoms with E-state index in [9.17, 15) is 4.79 Å². The van der Waals surface area contributed by atoms with Crippen LogP contribution in [0.4, 0.5) is 10.8 Å². The Hall–Kier alpha value is -1.38. The third kappa shape index (κ3) is 3.31. The standard InChI is InChI=1S/C10H17N3O4S/c1-16-6-4-13(3-5-14)9-7(10(15)17-2)8(11)12-18-9/h14H,3-6H2,1-2H3,(H2,11,12). The second-order valence-corrected chi connectivity index (χ2v) is 4.19. The molecule has 0 unspecified atom stereocenters. The molecule has 1 aromatic rings. The molecule has 102 valence electrons. The molecule has 0 amide bonds. The summed E-state index contributed by atoms with van der Waals surface area (Å²) < 4.78 is 13.6. The number of anilines is 2. The van der Waals surface area contributed by atoms with Crippen molar-refractivity contribution < 1.29 is 19.4 Å². The predicted molar refractivity (Wildman–Crippen MR) is 69.0 cm³/mol. The molecule has 0 spiro atoms. The van der Waals surface area contributed by atoms with Crippen LogP contribution in [-0.2, 0) is 9.47 Å². The highest BCUT2D eigenvalue weighted by Gasteiger charge is 2.23. The minimum Gasteiger partial charge on any atom is -0.465 e. The van der Waals surface area contributed by atoms with E-state index >= 15 is 0 Å². The van der Waals surface area contributed by atoms with Gasteiger partial charge in [0.05, 0.1) is 20.3 Å². The normalized spacial score (nSPS) is 10.4. The van der Waals surface area contributed by atoms with Crippen molar-refractivity contribution in [3.05, 3.63) is 5.56 Å². The van der Waals surface area contributed by atoms with Gasteiger partial charge in [0.1, 0.15) is 10.6 Å². The molecule has 0 saturated heterocycles. The summed E-state index contributed by atoms with van der Waals surface area (Å²) in [6.07, 6.45) is 0. The highest BCUT2D eigenvalue weighted by molar-refractivity contribution is 7.11. The number of carbonyl (C=O) groups excluding carboxylic acids is 1. The molecule has 0 atom stereocenters. The molecule has 0 aliphatic heterocycles. The Balaban J connectivity index is 2.99. The van der Waals surface area contributed by atoms with E-state index in [0.717, 1.165) is 11.5 Å². The Morgan fingerprint density at radius 2 is 2.22 bits per heavy atom. The quantitative estimate of drug-likeness (QED) is 0.673. The fourth-order valence-electron chi connectivity index (χ4n) is 1.44. The summed E-state index contributed by atoms with van der Waals surface area (Å²) in [6.45, 7) is 1.33. The zero-order valence-electron chi connectivity index (χ0n) is 10.4. The van der Waals surface area contributed by atoms with Gasteiger partial charge in [-0.3, -0.25) is 0 Å². The number of ether oxygens (including phenoxy) is 2. The van der Waals surface area contributed by atoms with Gasteiger partial charge in [-0.15, -0.1) is 0 Å². The number of rotatable bonds is 7. The van der Waals surface area contributed by atoms with Gasteiger partial charge in [0.2, 0.25) is 0 Å². The molecule has 0 aliphatic rings. The second-order valence-electron chi connectivity index (χ2n) is 3.44. The topological polar surface area (TPSA) is 97.9 Å². The van der Waals surface area contributed by atoms with E-state index in [1.54, 1.807) is 12.0 Å². The fraction of sp³-hybridized carbons (Fsp3) is 0.600. The molecule has 0 aromatic carbocycles. The summed E-state index contributed by atoms with van der Waals surface area (Å²) in [5, 5.41) is 9.63. The Morgan fingerprint density at radius 3 is 2.78 bits per heavy atom. The molecule has 0 saturated carbocycles. The van der Waals surface area contributed by atoms with Crippen LogP contribution in [0.3, 0.4) is 0 Å². The van der Waals surface area contributed by atoms with E-state index in [0.29, 0.717) is 24.7 Å². The van der Waals surface area contributed by atoms with Gasteiger partial charge in [-0.25, -0.2) is 4.79 Å². The van der Waals surface area contributed by atoms with E-state index in [1.807, 2.05) is 0 Å². The van der Waals surface area contributed by atoms with Crippen LogP contribution in [0, 0.1) is 0 Å². The van der Waals surface area contributed by atoms with E-state index in [-0.39, 0.29) is 18.0 Å². The van der Waals surface area contributed by atoms with Crippen molar-refractivity contribution in [2.75, 3.05) is 51.2 Å². The molecule has 3 N–H and O–H groups in total. The molecule has 18 heavy (non-hydrogen) atoms. The summed E-state index contributed by atoms with van der Waals surface area (Å²) in [6, 6.07) is 0. The summed E-state index contributed by atoms with van der Waals surface area (Å²) in [5.74, 6) is -0.390. The van der Waals surface area contributed by atoms with Crippen molar-refractivity contribution in [3.63, 3.8) is 0 Å². The minimum absolute atomic E-state index is 0.0396. The monoisotopic (exact) mass is 275 g/mol. The molecule has 1 aromatic heterocycles. The average molecular weight is 275 g/mol.